The number of carboxylic acid groups (broad SMARTS) is 1. The van der Waals surface area contributed by atoms with Crippen LogP contribution in [-0.4, -0.2) is 29.2 Å². The minimum Gasteiger partial charge on any atom is -0.481 e. The molecule has 0 atom stereocenters. The van der Waals surface area contributed by atoms with E-state index in [1.807, 2.05) is 6.92 Å². The van der Waals surface area contributed by atoms with Gasteiger partial charge in [-0.15, -0.1) is 0 Å². The topological polar surface area (TPSA) is 78.4 Å². The molecule has 2 amide bonds. The van der Waals surface area contributed by atoms with Gasteiger partial charge < -0.3 is 15.7 Å². The third-order valence-electron chi connectivity index (χ3n) is 3.06. The maximum atomic E-state index is 11.5. The van der Waals surface area contributed by atoms with Crippen molar-refractivity contribution in [3.05, 3.63) is 0 Å². The fourth-order valence-electron chi connectivity index (χ4n) is 0.990. The number of urea groups is 1. The van der Waals surface area contributed by atoms with Crippen LogP contribution in [0, 0.1) is 5.41 Å². The molecular weight excluding hydrogens is 208 g/mol. The zero-order valence-electron chi connectivity index (χ0n) is 10.7. The predicted molar refractivity (Wildman–Crippen MR) is 62.3 cm³/mol. The third-order valence-corrected chi connectivity index (χ3v) is 3.06. The van der Waals surface area contributed by atoms with E-state index in [0.29, 0.717) is 6.54 Å². The highest BCUT2D eigenvalue weighted by Crippen LogP contribution is 2.30. The number of carbonyl (C=O) groups is 2. The van der Waals surface area contributed by atoms with Gasteiger partial charge in [0.1, 0.15) is 0 Å². The predicted octanol–water partition coefficient (Wildman–Crippen LogP) is 1.58. The number of nitrogens with one attached hydrogen (secondary N) is 2. The molecular formula is C11H22N2O3. The molecule has 0 heterocycles. The van der Waals surface area contributed by atoms with Crippen LogP contribution in [0.1, 0.15) is 41.0 Å². The summed E-state index contributed by atoms with van der Waals surface area (Å²) in [5, 5.41) is 14.4. The first kappa shape index (κ1) is 14.7. The fraction of sp³-hybridized carbons (Fsp3) is 0.818. The molecule has 0 saturated carbocycles. The molecule has 0 aromatic carbocycles. The van der Waals surface area contributed by atoms with Gasteiger partial charge in [0.25, 0.3) is 0 Å². The molecule has 16 heavy (non-hydrogen) atoms. The molecule has 0 unspecified atom stereocenters. The molecule has 94 valence electrons. The second-order valence-corrected chi connectivity index (χ2v) is 4.94. The highest BCUT2D eigenvalue weighted by atomic mass is 16.4. The summed E-state index contributed by atoms with van der Waals surface area (Å²) >= 11 is 0. The summed E-state index contributed by atoms with van der Waals surface area (Å²) < 4.78 is 0. The van der Waals surface area contributed by atoms with Crippen molar-refractivity contribution < 1.29 is 14.7 Å². The Hall–Kier alpha value is -1.26. The molecule has 5 heteroatoms. The van der Waals surface area contributed by atoms with E-state index in [2.05, 4.69) is 10.6 Å². The largest absolute Gasteiger partial charge is 0.481 e. The minimum absolute atomic E-state index is 0.332. The summed E-state index contributed by atoms with van der Waals surface area (Å²) in [4.78, 5) is 22.6. The van der Waals surface area contributed by atoms with Crippen molar-refractivity contribution >= 4 is 12.0 Å². The smallest absolute Gasteiger partial charge is 0.315 e. The third kappa shape index (κ3) is 3.40. The van der Waals surface area contributed by atoms with Crippen molar-refractivity contribution in [1.29, 1.82) is 0 Å². The van der Waals surface area contributed by atoms with Gasteiger partial charge in [0, 0.05) is 6.54 Å². The van der Waals surface area contributed by atoms with Crippen LogP contribution in [0.3, 0.4) is 0 Å². The molecule has 0 rings (SSSR count). The maximum Gasteiger partial charge on any atom is 0.315 e. The Morgan fingerprint density at radius 3 is 2.06 bits per heavy atom. The molecule has 0 aliphatic rings. The van der Waals surface area contributed by atoms with Crippen LogP contribution < -0.4 is 10.6 Å². The Kier molecular flexibility index (Phi) is 4.78. The number of aliphatic carboxylic acids is 1. The molecule has 0 radical (unpaired) electrons. The Balaban J connectivity index is 4.56. The Morgan fingerprint density at radius 1 is 1.19 bits per heavy atom. The highest BCUT2D eigenvalue weighted by Gasteiger charge is 2.44. The van der Waals surface area contributed by atoms with E-state index in [1.54, 1.807) is 27.7 Å². The summed E-state index contributed by atoms with van der Waals surface area (Å²) in [6, 6.07) is -0.332. The highest BCUT2D eigenvalue weighted by molar-refractivity contribution is 5.79. The first-order chi connectivity index (χ1) is 7.15. The first-order valence-electron chi connectivity index (χ1n) is 5.44. The van der Waals surface area contributed by atoms with Crippen LogP contribution in [0.5, 0.6) is 0 Å². The van der Waals surface area contributed by atoms with Gasteiger partial charge in [-0.25, -0.2) is 4.79 Å². The van der Waals surface area contributed by atoms with Crippen molar-refractivity contribution in [2.45, 2.75) is 46.6 Å². The summed E-state index contributed by atoms with van der Waals surface area (Å²) in [6.45, 7) is 9.12. The van der Waals surface area contributed by atoms with Gasteiger partial charge in [-0.2, -0.15) is 0 Å². The lowest BCUT2D eigenvalue weighted by Gasteiger charge is -2.38. The van der Waals surface area contributed by atoms with E-state index >= 15 is 0 Å². The van der Waals surface area contributed by atoms with Crippen LogP contribution >= 0.6 is 0 Å². The summed E-state index contributed by atoms with van der Waals surface area (Å²) in [5.41, 5.74) is -1.85. The van der Waals surface area contributed by atoms with Crippen molar-refractivity contribution in [3.8, 4) is 0 Å². The molecule has 5 nitrogen and oxygen atoms in total. The fourth-order valence-corrected chi connectivity index (χ4v) is 0.990. The molecule has 0 fully saturated rings. The van der Waals surface area contributed by atoms with Crippen molar-refractivity contribution in [3.63, 3.8) is 0 Å². The van der Waals surface area contributed by atoms with Crippen molar-refractivity contribution in [2.24, 2.45) is 5.41 Å². The maximum absolute atomic E-state index is 11.5. The normalized spacial score (nSPS) is 12.1. The zero-order chi connectivity index (χ0) is 13.0. The monoisotopic (exact) mass is 230 g/mol. The van der Waals surface area contributed by atoms with E-state index in [0.717, 1.165) is 6.42 Å². The number of rotatable bonds is 5. The van der Waals surface area contributed by atoms with Crippen LogP contribution in [0.25, 0.3) is 0 Å². The Labute approximate surface area is 96.6 Å². The SMILES string of the molecule is CCCNC(=O)NC(C)(C)C(C)(C)C(=O)O. The van der Waals surface area contributed by atoms with Crippen molar-refractivity contribution in [2.75, 3.05) is 6.54 Å². The molecule has 0 aliphatic carbocycles. The number of hydrogen-bond acceptors (Lipinski definition) is 2. The second kappa shape index (κ2) is 5.18. The van der Waals surface area contributed by atoms with E-state index in [9.17, 15) is 9.59 Å². The van der Waals surface area contributed by atoms with Crippen LogP contribution in [0.2, 0.25) is 0 Å². The van der Waals surface area contributed by atoms with Gasteiger partial charge in [-0.1, -0.05) is 6.92 Å². The Bertz CT molecular complexity index is 272. The lowest BCUT2D eigenvalue weighted by atomic mass is 9.74. The summed E-state index contributed by atoms with van der Waals surface area (Å²) in [6.07, 6.45) is 0.843. The molecule has 0 aromatic rings. The minimum atomic E-state index is -1.03. The molecule has 3 N–H and O–H groups in total. The second-order valence-electron chi connectivity index (χ2n) is 4.94. The zero-order valence-corrected chi connectivity index (χ0v) is 10.7. The molecule has 0 bridgehead atoms. The van der Waals surface area contributed by atoms with E-state index in [-0.39, 0.29) is 6.03 Å². The molecule has 0 saturated heterocycles. The summed E-state index contributed by atoms with van der Waals surface area (Å²) in [7, 11) is 0. The quantitative estimate of drug-likeness (QED) is 0.671. The van der Waals surface area contributed by atoms with Crippen LogP contribution in [-0.2, 0) is 4.79 Å². The van der Waals surface area contributed by atoms with Gasteiger partial charge in [-0.05, 0) is 34.1 Å². The number of hydrogen-bond donors (Lipinski definition) is 3. The van der Waals surface area contributed by atoms with Gasteiger partial charge in [0.15, 0.2) is 0 Å². The lowest BCUT2D eigenvalue weighted by Crippen LogP contribution is -2.59. The number of carbonyl (C=O) groups excluding carboxylic acids is 1. The average molecular weight is 230 g/mol. The van der Waals surface area contributed by atoms with Crippen LogP contribution in [0.15, 0.2) is 0 Å². The summed E-state index contributed by atoms with van der Waals surface area (Å²) in [5.74, 6) is -0.937. The average Bonchev–Trinajstić information content (AvgIpc) is 2.13. The van der Waals surface area contributed by atoms with Gasteiger partial charge in [0.2, 0.25) is 0 Å². The number of amides is 2. The van der Waals surface area contributed by atoms with E-state index in [4.69, 9.17) is 5.11 Å². The van der Waals surface area contributed by atoms with Crippen LogP contribution in [0.4, 0.5) is 4.79 Å². The van der Waals surface area contributed by atoms with Gasteiger partial charge in [0.05, 0.1) is 11.0 Å². The van der Waals surface area contributed by atoms with Crippen molar-refractivity contribution in [1.82, 2.24) is 10.6 Å². The molecule has 0 aliphatic heterocycles. The van der Waals surface area contributed by atoms with E-state index < -0.39 is 16.9 Å². The molecule has 0 aromatic heterocycles. The van der Waals surface area contributed by atoms with Gasteiger partial charge >= 0.3 is 12.0 Å². The first-order valence-corrected chi connectivity index (χ1v) is 5.44. The Morgan fingerprint density at radius 2 is 1.69 bits per heavy atom. The van der Waals surface area contributed by atoms with E-state index in [1.165, 1.54) is 0 Å². The number of carboxylic acids is 1. The molecule has 0 spiro atoms. The van der Waals surface area contributed by atoms with Gasteiger partial charge in [-0.3, -0.25) is 4.79 Å². The lowest BCUT2D eigenvalue weighted by molar-refractivity contribution is -0.150. The standard InChI is InChI=1S/C11H22N2O3/c1-6-7-12-9(16)13-11(4,5)10(2,3)8(14)15/h6-7H2,1-5H3,(H,14,15)(H2,12,13,16).